The molecule has 0 radical (unpaired) electrons. The predicted octanol–water partition coefficient (Wildman–Crippen LogP) is 5.08. The molecule has 0 saturated carbocycles. The molecule has 0 aromatic heterocycles. The van der Waals surface area contributed by atoms with Crippen LogP contribution in [0.5, 0.6) is 0 Å². The van der Waals surface area contributed by atoms with Crippen molar-refractivity contribution in [1.29, 1.82) is 0 Å². The molecule has 0 fully saturated rings. The molecule has 0 aliphatic rings. The summed E-state index contributed by atoms with van der Waals surface area (Å²) in [6.45, 7) is 7.75. The fourth-order valence-corrected chi connectivity index (χ4v) is 1.76. The zero-order valence-electron chi connectivity index (χ0n) is 12.0. The van der Waals surface area contributed by atoms with Crippen molar-refractivity contribution in [3.05, 3.63) is 0 Å². The Balaban J connectivity index is 3.53. The van der Waals surface area contributed by atoms with Crippen molar-refractivity contribution >= 4 is 5.78 Å². The molecule has 0 spiro atoms. The molecule has 1 unspecified atom stereocenters. The molecule has 102 valence electrons. The average molecular weight is 244 g/mol. The lowest BCUT2D eigenvalue weighted by molar-refractivity contribution is -0.127. The van der Waals surface area contributed by atoms with E-state index >= 15 is 0 Å². The Bertz CT molecular complexity index is 205. The van der Waals surface area contributed by atoms with Crippen molar-refractivity contribution in [3.63, 3.8) is 0 Å². The van der Waals surface area contributed by atoms with E-state index in [9.17, 15) is 9.18 Å². The van der Waals surface area contributed by atoms with Crippen LogP contribution in [0.15, 0.2) is 0 Å². The smallest absolute Gasteiger partial charge is 0.141 e. The van der Waals surface area contributed by atoms with Crippen LogP contribution in [-0.2, 0) is 4.79 Å². The Kier molecular flexibility index (Phi) is 8.45. The molecular formula is C15H29FO. The first-order chi connectivity index (χ1) is 7.88. The van der Waals surface area contributed by atoms with Gasteiger partial charge in [0, 0.05) is 11.8 Å². The van der Waals surface area contributed by atoms with Crippen LogP contribution in [0, 0.1) is 5.41 Å². The van der Waals surface area contributed by atoms with Gasteiger partial charge in [0.25, 0.3) is 0 Å². The van der Waals surface area contributed by atoms with E-state index in [4.69, 9.17) is 0 Å². The number of unbranched alkanes of at least 4 members (excludes halogenated alkanes) is 5. The van der Waals surface area contributed by atoms with E-state index in [0.717, 1.165) is 12.8 Å². The molecule has 17 heavy (non-hydrogen) atoms. The number of hydrogen-bond donors (Lipinski definition) is 0. The number of halogens is 1. The molecule has 1 atom stereocenters. The van der Waals surface area contributed by atoms with E-state index < -0.39 is 11.6 Å². The lowest BCUT2D eigenvalue weighted by atomic mass is 9.87. The van der Waals surface area contributed by atoms with Crippen molar-refractivity contribution in [2.24, 2.45) is 5.41 Å². The molecule has 0 N–H and O–H groups in total. The highest BCUT2D eigenvalue weighted by molar-refractivity contribution is 5.83. The van der Waals surface area contributed by atoms with Crippen molar-refractivity contribution in [1.82, 2.24) is 0 Å². The second kappa shape index (κ2) is 8.66. The molecule has 0 bridgehead atoms. The number of ketones is 1. The molecule has 0 aliphatic heterocycles. The van der Waals surface area contributed by atoms with Gasteiger partial charge >= 0.3 is 0 Å². The molecule has 0 aromatic carbocycles. The number of carbonyl (C=O) groups excluding carboxylic acids is 1. The number of rotatable bonds is 9. The van der Waals surface area contributed by atoms with Gasteiger partial charge in [-0.25, -0.2) is 4.39 Å². The number of alkyl halides is 1. The van der Waals surface area contributed by atoms with Crippen molar-refractivity contribution in [2.75, 3.05) is 0 Å². The summed E-state index contributed by atoms with van der Waals surface area (Å²) in [5, 5.41) is 0. The standard InChI is InChI=1S/C15H29FO/c1-5-6-7-8-9-10-11-13(16)12-14(17)15(2,3)4/h13H,5-12H2,1-4H3. The largest absolute Gasteiger partial charge is 0.299 e. The predicted molar refractivity (Wildman–Crippen MR) is 72.0 cm³/mol. The highest BCUT2D eigenvalue weighted by Crippen LogP contribution is 2.21. The molecule has 2 heteroatoms. The van der Waals surface area contributed by atoms with E-state index in [1.54, 1.807) is 0 Å². The Morgan fingerprint density at radius 2 is 1.59 bits per heavy atom. The highest BCUT2D eigenvalue weighted by Gasteiger charge is 2.24. The third-order valence-electron chi connectivity index (χ3n) is 3.11. The summed E-state index contributed by atoms with van der Waals surface area (Å²) >= 11 is 0. The Labute approximate surface area is 106 Å². The highest BCUT2D eigenvalue weighted by atomic mass is 19.1. The van der Waals surface area contributed by atoms with E-state index in [1.807, 2.05) is 20.8 Å². The van der Waals surface area contributed by atoms with Gasteiger partial charge in [0.15, 0.2) is 0 Å². The van der Waals surface area contributed by atoms with Gasteiger partial charge in [-0.2, -0.15) is 0 Å². The minimum Gasteiger partial charge on any atom is -0.299 e. The van der Waals surface area contributed by atoms with Gasteiger partial charge in [-0.1, -0.05) is 66.2 Å². The Morgan fingerprint density at radius 1 is 1.06 bits per heavy atom. The van der Waals surface area contributed by atoms with Gasteiger partial charge in [-0.05, 0) is 6.42 Å². The van der Waals surface area contributed by atoms with Crippen molar-refractivity contribution < 1.29 is 9.18 Å². The molecular weight excluding hydrogens is 215 g/mol. The average Bonchev–Trinajstić information content (AvgIpc) is 2.21. The molecule has 0 heterocycles. The molecule has 0 saturated heterocycles. The second-order valence-electron chi connectivity index (χ2n) is 6.03. The quantitative estimate of drug-likeness (QED) is 0.517. The minimum absolute atomic E-state index is 0.0379. The first-order valence-electron chi connectivity index (χ1n) is 7.05. The third-order valence-corrected chi connectivity index (χ3v) is 3.11. The first-order valence-corrected chi connectivity index (χ1v) is 7.05. The Morgan fingerprint density at radius 3 is 2.12 bits per heavy atom. The topological polar surface area (TPSA) is 17.1 Å². The van der Waals surface area contributed by atoms with Crippen LogP contribution in [0.25, 0.3) is 0 Å². The van der Waals surface area contributed by atoms with Gasteiger partial charge in [0.2, 0.25) is 0 Å². The van der Waals surface area contributed by atoms with Crippen LogP contribution < -0.4 is 0 Å². The number of carbonyl (C=O) groups is 1. The van der Waals surface area contributed by atoms with Crippen molar-refractivity contribution in [2.45, 2.75) is 85.2 Å². The summed E-state index contributed by atoms with van der Waals surface area (Å²) in [6, 6.07) is 0. The zero-order chi connectivity index (χ0) is 13.3. The van der Waals surface area contributed by atoms with E-state index in [0.29, 0.717) is 6.42 Å². The minimum atomic E-state index is -0.937. The summed E-state index contributed by atoms with van der Waals surface area (Å²) in [4.78, 5) is 11.6. The SMILES string of the molecule is CCCCCCCCC(F)CC(=O)C(C)(C)C. The van der Waals surface area contributed by atoms with E-state index in [2.05, 4.69) is 6.92 Å². The molecule has 0 amide bonds. The lowest BCUT2D eigenvalue weighted by Gasteiger charge is -2.18. The van der Waals surface area contributed by atoms with Gasteiger partial charge in [-0.15, -0.1) is 0 Å². The summed E-state index contributed by atoms with van der Waals surface area (Å²) in [7, 11) is 0. The van der Waals surface area contributed by atoms with Crippen LogP contribution in [-0.4, -0.2) is 12.0 Å². The van der Waals surface area contributed by atoms with Crippen LogP contribution in [0.4, 0.5) is 4.39 Å². The number of Topliss-reactive ketones (excluding diaryl/α,β-unsaturated/α-hetero) is 1. The van der Waals surface area contributed by atoms with Gasteiger partial charge in [-0.3, -0.25) is 4.79 Å². The molecule has 1 nitrogen and oxygen atoms in total. The van der Waals surface area contributed by atoms with Crippen LogP contribution in [0.2, 0.25) is 0 Å². The summed E-state index contributed by atoms with van der Waals surface area (Å²) in [5.74, 6) is 0.0379. The van der Waals surface area contributed by atoms with E-state index in [1.165, 1.54) is 25.7 Å². The fraction of sp³-hybridized carbons (Fsp3) is 0.933. The molecule has 0 rings (SSSR count). The summed E-state index contributed by atoms with van der Waals surface area (Å²) in [6.07, 6.45) is 6.71. The monoisotopic (exact) mass is 244 g/mol. The van der Waals surface area contributed by atoms with Crippen molar-refractivity contribution in [3.8, 4) is 0 Å². The first kappa shape index (κ1) is 16.6. The summed E-state index contributed by atoms with van der Waals surface area (Å²) in [5.41, 5.74) is -0.397. The Hall–Kier alpha value is -0.400. The van der Waals surface area contributed by atoms with Gasteiger partial charge < -0.3 is 0 Å². The third kappa shape index (κ3) is 9.31. The number of hydrogen-bond acceptors (Lipinski definition) is 1. The normalized spacial score (nSPS) is 13.7. The fourth-order valence-electron chi connectivity index (χ4n) is 1.76. The van der Waals surface area contributed by atoms with Gasteiger partial charge in [0.05, 0.1) is 0 Å². The lowest BCUT2D eigenvalue weighted by Crippen LogP contribution is -2.23. The van der Waals surface area contributed by atoms with Crippen LogP contribution in [0.1, 0.15) is 79.1 Å². The summed E-state index contributed by atoms with van der Waals surface area (Å²) < 4.78 is 13.5. The van der Waals surface area contributed by atoms with Crippen LogP contribution in [0.3, 0.4) is 0 Å². The zero-order valence-corrected chi connectivity index (χ0v) is 12.0. The van der Waals surface area contributed by atoms with E-state index in [-0.39, 0.29) is 12.2 Å². The van der Waals surface area contributed by atoms with Gasteiger partial charge in [0.1, 0.15) is 12.0 Å². The maximum Gasteiger partial charge on any atom is 0.141 e. The molecule has 0 aromatic rings. The maximum absolute atomic E-state index is 13.5. The maximum atomic E-state index is 13.5. The van der Waals surface area contributed by atoms with Crippen LogP contribution >= 0.6 is 0 Å². The second-order valence-corrected chi connectivity index (χ2v) is 6.03. The molecule has 0 aliphatic carbocycles.